The predicted octanol–water partition coefficient (Wildman–Crippen LogP) is 5.05. The summed E-state index contributed by atoms with van der Waals surface area (Å²) in [7, 11) is 0. The minimum absolute atomic E-state index is 0.0459. The molecule has 2 aromatic rings. The lowest BCUT2D eigenvalue weighted by molar-refractivity contribution is -0.154. The molecule has 0 saturated carbocycles. The molecule has 3 aliphatic rings. The van der Waals surface area contributed by atoms with E-state index in [1.807, 2.05) is 12.1 Å². The van der Waals surface area contributed by atoms with Crippen molar-refractivity contribution in [3.05, 3.63) is 71.0 Å². The van der Waals surface area contributed by atoms with E-state index >= 15 is 0 Å². The number of benzene rings is 2. The highest BCUT2D eigenvalue weighted by molar-refractivity contribution is 5.72. The molecule has 3 saturated heterocycles. The average molecular weight is 449 g/mol. The first kappa shape index (κ1) is 22.1. The SMILES string of the molecule is N#Cc1ccc(COC(CCN2C3CCC2CC2(CCC(=O)O2)C3)c2ccc(F)cc2)cc1. The molecule has 0 N–H and O–H groups in total. The van der Waals surface area contributed by atoms with Crippen LogP contribution in [0.15, 0.2) is 48.5 Å². The Balaban J connectivity index is 1.25. The molecule has 5 nitrogen and oxygen atoms in total. The predicted molar refractivity (Wildman–Crippen MR) is 121 cm³/mol. The quantitative estimate of drug-likeness (QED) is 0.555. The number of piperidine rings is 1. The van der Waals surface area contributed by atoms with Crippen LogP contribution in [0.25, 0.3) is 0 Å². The molecule has 2 bridgehead atoms. The smallest absolute Gasteiger partial charge is 0.306 e. The molecule has 0 aromatic heterocycles. The van der Waals surface area contributed by atoms with Gasteiger partial charge in [0.25, 0.3) is 0 Å². The van der Waals surface area contributed by atoms with Crippen LogP contribution in [0.5, 0.6) is 0 Å². The van der Waals surface area contributed by atoms with Gasteiger partial charge in [-0.2, -0.15) is 5.26 Å². The third-order valence-electron chi connectivity index (χ3n) is 7.53. The van der Waals surface area contributed by atoms with Crippen molar-refractivity contribution in [1.82, 2.24) is 4.90 Å². The molecule has 1 spiro atoms. The molecule has 0 aliphatic carbocycles. The van der Waals surface area contributed by atoms with Gasteiger partial charge in [0.05, 0.1) is 24.3 Å². The van der Waals surface area contributed by atoms with E-state index in [1.54, 1.807) is 24.3 Å². The fourth-order valence-electron chi connectivity index (χ4n) is 5.88. The lowest BCUT2D eigenvalue weighted by Gasteiger charge is -2.44. The van der Waals surface area contributed by atoms with Crippen LogP contribution in [-0.4, -0.2) is 35.1 Å². The van der Waals surface area contributed by atoms with E-state index in [0.29, 0.717) is 30.7 Å². The molecule has 3 heterocycles. The van der Waals surface area contributed by atoms with Gasteiger partial charge in [0.15, 0.2) is 0 Å². The molecule has 172 valence electrons. The minimum Gasteiger partial charge on any atom is -0.459 e. The number of halogens is 1. The number of ether oxygens (including phenoxy) is 2. The van der Waals surface area contributed by atoms with Crippen LogP contribution in [0.3, 0.4) is 0 Å². The molecule has 33 heavy (non-hydrogen) atoms. The maximum atomic E-state index is 13.5. The number of carbonyl (C=O) groups is 1. The van der Waals surface area contributed by atoms with Crippen molar-refractivity contribution < 1.29 is 18.7 Å². The highest BCUT2D eigenvalue weighted by Gasteiger charge is 2.52. The van der Waals surface area contributed by atoms with Gasteiger partial charge in [0.2, 0.25) is 0 Å². The Morgan fingerprint density at radius 1 is 1.12 bits per heavy atom. The van der Waals surface area contributed by atoms with Crippen molar-refractivity contribution >= 4 is 5.97 Å². The fourth-order valence-corrected chi connectivity index (χ4v) is 5.88. The summed E-state index contributed by atoms with van der Waals surface area (Å²) < 4.78 is 25.6. The summed E-state index contributed by atoms with van der Waals surface area (Å²) in [6, 6.07) is 17.0. The van der Waals surface area contributed by atoms with Crippen molar-refractivity contribution in [2.75, 3.05) is 6.54 Å². The molecule has 3 unspecified atom stereocenters. The van der Waals surface area contributed by atoms with E-state index in [9.17, 15) is 9.18 Å². The van der Waals surface area contributed by atoms with Crippen molar-refractivity contribution in [3.63, 3.8) is 0 Å². The summed E-state index contributed by atoms with van der Waals surface area (Å²) in [5, 5.41) is 9.00. The van der Waals surface area contributed by atoms with Crippen molar-refractivity contribution in [3.8, 4) is 6.07 Å². The van der Waals surface area contributed by atoms with Crippen LogP contribution in [-0.2, 0) is 20.9 Å². The summed E-state index contributed by atoms with van der Waals surface area (Å²) >= 11 is 0. The Bertz CT molecular complexity index is 1020. The molecular formula is C27H29FN2O3. The summed E-state index contributed by atoms with van der Waals surface area (Å²) in [6.45, 7) is 1.33. The maximum Gasteiger partial charge on any atom is 0.306 e. The number of carbonyl (C=O) groups excluding carboxylic acids is 1. The highest BCUT2D eigenvalue weighted by atomic mass is 19.1. The normalized spacial score (nSPS) is 27.5. The molecule has 3 atom stereocenters. The van der Waals surface area contributed by atoms with Crippen LogP contribution in [0.2, 0.25) is 0 Å². The van der Waals surface area contributed by atoms with Crippen molar-refractivity contribution in [2.24, 2.45) is 0 Å². The number of nitriles is 1. The molecule has 3 aliphatic heterocycles. The number of hydrogen-bond acceptors (Lipinski definition) is 5. The van der Waals surface area contributed by atoms with Crippen molar-refractivity contribution in [2.45, 2.75) is 75.3 Å². The zero-order valence-corrected chi connectivity index (χ0v) is 18.7. The third kappa shape index (κ3) is 4.80. The highest BCUT2D eigenvalue weighted by Crippen LogP contribution is 2.47. The van der Waals surface area contributed by atoms with Gasteiger partial charge in [0.1, 0.15) is 11.4 Å². The fraction of sp³-hybridized carbons (Fsp3) is 0.481. The topological polar surface area (TPSA) is 62.6 Å². The van der Waals surface area contributed by atoms with Gasteiger partial charge in [0, 0.05) is 37.9 Å². The molecule has 0 amide bonds. The number of esters is 1. The van der Waals surface area contributed by atoms with Gasteiger partial charge in [-0.05, 0) is 61.1 Å². The summed E-state index contributed by atoms with van der Waals surface area (Å²) in [6.07, 6.45) is 6.23. The number of rotatable bonds is 7. The third-order valence-corrected chi connectivity index (χ3v) is 7.53. The first-order valence-electron chi connectivity index (χ1n) is 11.9. The van der Waals surface area contributed by atoms with Crippen LogP contribution in [0.4, 0.5) is 4.39 Å². The van der Waals surface area contributed by atoms with E-state index < -0.39 is 0 Å². The largest absolute Gasteiger partial charge is 0.459 e. The monoisotopic (exact) mass is 448 g/mol. The van der Waals surface area contributed by atoms with E-state index in [2.05, 4.69) is 11.0 Å². The Morgan fingerprint density at radius 2 is 1.82 bits per heavy atom. The molecule has 0 radical (unpaired) electrons. The Hall–Kier alpha value is -2.75. The lowest BCUT2D eigenvalue weighted by atomic mass is 9.83. The zero-order valence-electron chi connectivity index (χ0n) is 18.7. The lowest BCUT2D eigenvalue weighted by Crippen LogP contribution is -2.51. The standard InChI is InChI=1S/C27H29FN2O3/c28-22-7-5-21(6-8-22)25(32-18-20-3-1-19(17-29)2-4-20)12-14-30-23-9-10-24(30)16-27(15-23)13-11-26(31)33-27/h1-8,23-25H,9-16,18H2. The molecule has 5 rings (SSSR count). The summed E-state index contributed by atoms with van der Waals surface area (Å²) in [4.78, 5) is 14.3. The second-order valence-corrected chi connectivity index (χ2v) is 9.64. The maximum absolute atomic E-state index is 13.5. The molecular weight excluding hydrogens is 419 g/mol. The summed E-state index contributed by atoms with van der Waals surface area (Å²) in [5.74, 6) is -0.300. The molecule has 6 heteroatoms. The van der Waals surface area contributed by atoms with Gasteiger partial charge >= 0.3 is 5.97 Å². The Morgan fingerprint density at radius 3 is 2.42 bits per heavy atom. The van der Waals surface area contributed by atoms with E-state index in [1.165, 1.54) is 12.1 Å². The summed E-state index contributed by atoms with van der Waals surface area (Å²) in [5.41, 5.74) is 2.36. The minimum atomic E-state index is -0.255. The number of hydrogen-bond donors (Lipinski definition) is 0. The van der Waals surface area contributed by atoms with Crippen LogP contribution in [0.1, 0.15) is 67.7 Å². The van der Waals surface area contributed by atoms with Gasteiger partial charge in [-0.15, -0.1) is 0 Å². The second kappa shape index (κ2) is 9.24. The van der Waals surface area contributed by atoms with Crippen LogP contribution >= 0.6 is 0 Å². The van der Waals surface area contributed by atoms with Crippen LogP contribution in [0, 0.1) is 17.1 Å². The van der Waals surface area contributed by atoms with Crippen LogP contribution < -0.4 is 0 Å². The average Bonchev–Trinajstić information content (AvgIpc) is 3.30. The first-order valence-corrected chi connectivity index (χ1v) is 11.9. The van der Waals surface area contributed by atoms with Gasteiger partial charge in [-0.1, -0.05) is 24.3 Å². The van der Waals surface area contributed by atoms with Gasteiger partial charge in [-0.3, -0.25) is 9.69 Å². The molecule has 3 fully saturated rings. The van der Waals surface area contributed by atoms with Crippen molar-refractivity contribution in [1.29, 1.82) is 5.26 Å². The van der Waals surface area contributed by atoms with E-state index in [-0.39, 0.29) is 23.5 Å². The number of nitrogens with zero attached hydrogens (tertiary/aromatic N) is 2. The van der Waals surface area contributed by atoms with E-state index in [0.717, 1.165) is 56.2 Å². The van der Waals surface area contributed by atoms with Gasteiger partial charge < -0.3 is 9.47 Å². The molecule has 2 aromatic carbocycles. The van der Waals surface area contributed by atoms with E-state index in [4.69, 9.17) is 14.7 Å². The first-order chi connectivity index (χ1) is 16.0. The second-order valence-electron chi connectivity index (χ2n) is 9.64. The van der Waals surface area contributed by atoms with Gasteiger partial charge in [-0.25, -0.2) is 4.39 Å². The Labute approximate surface area is 194 Å². The zero-order chi connectivity index (χ0) is 22.8. The number of fused-ring (bicyclic) bond motifs is 2. The Kier molecular flexibility index (Phi) is 6.18.